The summed E-state index contributed by atoms with van der Waals surface area (Å²) in [6.07, 6.45) is 1.35. The van der Waals surface area contributed by atoms with Crippen molar-refractivity contribution in [1.82, 2.24) is 10.2 Å². The van der Waals surface area contributed by atoms with Crippen LogP contribution in [-0.4, -0.2) is 60.4 Å². The summed E-state index contributed by atoms with van der Waals surface area (Å²) in [5.74, 6) is 1.59. The van der Waals surface area contributed by atoms with Gasteiger partial charge in [-0.25, -0.2) is 0 Å². The molecule has 2 aromatic carbocycles. The maximum atomic E-state index is 12.3. The molecule has 4 atom stereocenters. The molecule has 2 fully saturated rings. The first-order chi connectivity index (χ1) is 15.0. The van der Waals surface area contributed by atoms with E-state index in [4.69, 9.17) is 32.7 Å². The minimum atomic E-state index is -0.573. The Morgan fingerprint density at radius 2 is 1.65 bits per heavy atom. The number of aliphatic hydroxyl groups excluding tert-OH is 1. The fraction of sp³-hybridized carbons (Fsp3) is 0.435. The number of rotatable bonds is 9. The first-order valence-electron chi connectivity index (χ1n) is 10.4. The maximum Gasteiger partial charge on any atom is 0.258 e. The van der Waals surface area contributed by atoms with Crippen molar-refractivity contribution in [2.75, 3.05) is 26.3 Å². The molecule has 1 aliphatic heterocycles. The Balaban J connectivity index is 1.16. The van der Waals surface area contributed by atoms with Crippen LogP contribution in [0.2, 0.25) is 10.0 Å². The zero-order chi connectivity index (χ0) is 21.8. The van der Waals surface area contributed by atoms with Gasteiger partial charge in [-0.15, -0.1) is 0 Å². The SMILES string of the molecule is O=C(COc1ccc(Cl)cc1)NC1CC2CC1CN2CC(O)COc1ccc(Cl)cc1. The summed E-state index contributed by atoms with van der Waals surface area (Å²) < 4.78 is 11.2. The number of aliphatic hydroxyl groups is 1. The van der Waals surface area contributed by atoms with E-state index in [0.717, 1.165) is 19.4 Å². The number of fused-ring (bicyclic) bond motifs is 2. The summed E-state index contributed by atoms with van der Waals surface area (Å²) in [7, 11) is 0. The lowest BCUT2D eigenvalue weighted by Gasteiger charge is -2.33. The number of amides is 1. The number of halogens is 2. The first-order valence-corrected chi connectivity index (χ1v) is 11.2. The minimum Gasteiger partial charge on any atom is -0.491 e. The van der Waals surface area contributed by atoms with Crippen molar-refractivity contribution in [3.63, 3.8) is 0 Å². The van der Waals surface area contributed by atoms with Crippen LogP contribution in [0.3, 0.4) is 0 Å². The van der Waals surface area contributed by atoms with E-state index in [9.17, 15) is 9.90 Å². The van der Waals surface area contributed by atoms with Crippen molar-refractivity contribution in [3.8, 4) is 11.5 Å². The summed E-state index contributed by atoms with van der Waals surface area (Å²) >= 11 is 11.7. The van der Waals surface area contributed by atoms with E-state index in [1.807, 2.05) is 0 Å². The van der Waals surface area contributed by atoms with Crippen LogP contribution >= 0.6 is 23.2 Å². The van der Waals surface area contributed by atoms with E-state index < -0.39 is 6.10 Å². The third-order valence-corrected chi connectivity index (χ3v) is 6.39. The largest absolute Gasteiger partial charge is 0.491 e. The number of hydrogen-bond donors (Lipinski definition) is 2. The predicted molar refractivity (Wildman–Crippen MR) is 120 cm³/mol. The number of ether oxygens (including phenoxy) is 2. The summed E-state index contributed by atoms with van der Waals surface area (Å²) in [6, 6.07) is 14.6. The molecule has 6 nitrogen and oxygen atoms in total. The van der Waals surface area contributed by atoms with E-state index in [0.29, 0.717) is 40.0 Å². The molecule has 1 saturated heterocycles. The van der Waals surface area contributed by atoms with Gasteiger partial charge in [-0.3, -0.25) is 9.69 Å². The van der Waals surface area contributed by atoms with Crippen LogP contribution in [0.1, 0.15) is 12.8 Å². The van der Waals surface area contributed by atoms with Crippen LogP contribution in [0, 0.1) is 5.92 Å². The molecule has 2 aliphatic rings. The second-order valence-corrected chi connectivity index (χ2v) is 9.05. The number of carbonyl (C=O) groups excluding carboxylic acids is 1. The molecule has 2 aromatic rings. The van der Waals surface area contributed by atoms with Crippen LogP contribution < -0.4 is 14.8 Å². The van der Waals surface area contributed by atoms with Gasteiger partial charge in [0.25, 0.3) is 5.91 Å². The van der Waals surface area contributed by atoms with Gasteiger partial charge in [0.1, 0.15) is 24.2 Å². The van der Waals surface area contributed by atoms with Gasteiger partial charge in [0.15, 0.2) is 6.61 Å². The lowest BCUT2D eigenvalue weighted by molar-refractivity contribution is -0.124. The Morgan fingerprint density at radius 1 is 1.03 bits per heavy atom. The molecule has 0 aromatic heterocycles. The van der Waals surface area contributed by atoms with Crippen LogP contribution in [0.15, 0.2) is 48.5 Å². The van der Waals surface area contributed by atoms with Crippen molar-refractivity contribution >= 4 is 29.1 Å². The average Bonchev–Trinajstić information content (AvgIpc) is 3.33. The quantitative estimate of drug-likeness (QED) is 0.594. The zero-order valence-corrected chi connectivity index (χ0v) is 18.6. The van der Waals surface area contributed by atoms with Crippen molar-refractivity contribution in [1.29, 1.82) is 0 Å². The van der Waals surface area contributed by atoms with Gasteiger partial charge >= 0.3 is 0 Å². The molecule has 1 heterocycles. The fourth-order valence-corrected chi connectivity index (χ4v) is 4.67. The molecule has 4 rings (SSSR count). The van der Waals surface area contributed by atoms with Crippen molar-refractivity contribution < 1.29 is 19.4 Å². The zero-order valence-electron chi connectivity index (χ0n) is 17.0. The molecule has 2 N–H and O–H groups in total. The highest BCUT2D eigenvalue weighted by atomic mass is 35.5. The van der Waals surface area contributed by atoms with Crippen LogP contribution in [0.5, 0.6) is 11.5 Å². The Bertz CT molecular complexity index is 878. The highest BCUT2D eigenvalue weighted by Gasteiger charge is 2.45. The second kappa shape index (κ2) is 10.1. The number of β-amino-alcohol motifs (C(OH)–C–C–N with tert-alkyl or cyclic N) is 1. The normalized spacial score (nSPS) is 23.5. The van der Waals surface area contributed by atoms with Gasteiger partial charge in [-0.2, -0.15) is 0 Å². The van der Waals surface area contributed by atoms with E-state index >= 15 is 0 Å². The standard InChI is InChI=1S/C23H26Cl2N2O4/c24-16-1-5-20(6-2-16)30-13-19(28)12-27-11-15-9-18(27)10-22(15)26-23(29)14-31-21-7-3-17(25)4-8-21/h1-8,15,18-19,22,28H,9-14H2,(H,26,29). The Hall–Kier alpha value is -1.99. The van der Waals surface area contributed by atoms with E-state index in [1.165, 1.54) is 0 Å². The molecule has 166 valence electrons. The number of likely N-dealkylation sites (tertiary alicyclic amines) is 1. The Kier molecular flexibility index (Phi) is 7.23. The van der Waals surface area contributed by atoms with Crippen LogP contribution in [0.25, 0.3) is 0 Å². The first kappa shape index (κ1) is 22.2. The van der Waals surface area contributed by atoms with Gasteiger partial charge < -0.3 is 19.9 Å². The molecular weight excluding hydrogens is 439 g/mol. The highest BCUT2D eigenvalue weighted by Crippen LogP contribution is 2.37. The lowest BCUT2D eigenvalue weighted by atomic mass is 10.0. The molecule has 0 spiro atoms. The third-order valence-electron chi connectivity index (χ3n) is 5.89. The molecule has 2 bridgehead atoms. The topological polar surface area (TPSA) is 71.0 Å². The molecule has 1 saturated carbocycles. The van der Waals surface area contributed by atoms with Crippen molar-refractivity contribution in [2.24, 2.45) is 5.92 Å². The fourth-order valence-electron chi connectivity index (χ4n) is 4.42. The van der Waals surface area contributed by atoms with Crippen LogP contribution in [0.4, 0.5) is 0 Å². The van der Waals surface area contributed by atoms with Crippen molar-refractivity contribution in [3.05, 3.63) is 58.6 Å². The summed E-state index contributed by atoms with van der Waals surface area (Å²) in [6.45, 7) is 1.65. The number of benzene rings is 2. The Labute approximate surface area is 192 Å². The van der Waals surface area contributed by atoms with E-state index in [2.05, 4.69) is 10.2 Å². The van der Waals surface area contributed by atoms with E-state index in [-0.39, 0.29) is 25.2 Å². The second-order valence-electron chi connectivity index (χ2n) is 8.17. The summed E-state index contributed by atoms with van der Waals surface area (Å²) in [5.41, 5.74) is 0. The summed E-state index contributed by atoms with van der Waals surface area (Å²) in [4.78, 5) is 14.6. The third kappa shape index (κ3) is 6.04. The van der Waals surface area contributed by atoms with E-state index in [1.54, 1.807) is 48.5 Å². The van der Waals surface area contributed by atoms with Gasteiger partial charge in [-0.1, -0.05) is 23.2 Å². The molecule has 0 radical (unpaired) electrons. The highest BCUT2D eigenvalue weighted by molar-refractivity contribution is 6.30. The Morgan fingerprint density at radius 3 is 2.23 bits per heavy atom. The van der Waals surface area contributed by atoms with Gasteiger partial charge in [0.2, 0.25) is 0 Å². The number of hydrogen-bond acceptors (Lipinski definition) is 5. The number of nitrogens with one attached hydrogen (secondary N) is 1. The predicted octanol–water partition coefficient (Wildman–Crippen LogP) is 3.39. The van der Waals surface area contributed by atoms with Gasteiger partial charge in [-0.05, 0) is 67.3 Å². The molecule has 1 aliphatic carbocycles. The smallest absolute Gasteiger partial charge is 0.258 e. The number of piperidine rings is 1. The molecule has 4 unspecified atom stereocenters. The monoisotopic (exact) mass is 464 g/mol. The molecule has 8 heteroatoms. The minimum absolute atomic E-state index is 0.0139. The summed E-state index contributed by atoms with van der Waals surface area (Å²) in [5, 5.41) is 14.8. The van der Waals surface area contributed by atoms with Crippen molar-refractivity contribution in [2.45, 2.75) is 31.0 Å². The molecule has 1 amide bonds. The van der Waals surface area contributed by atoms with Crippen LogP contribution in [-0.2, 0) is 4.79 Å². The molecular formula is C23H26Cl2N2O4. The van der Waals surface area contributed by atoms with Gasteiger partial charge in [0, 0.05) is 35.2 Å². The number of nitrogens with zero attached hydrogens (tertiary/aromatic N) is 1. The average molecular weight is 465 g/mol. The maximum absolute atomic E-state index is 12.3. The van der Waals surface area contributed by atoms with Gasteiger partial charge in [0.05, 0.1) is 0 Å². The lowest BCUT2D eigenvalue weighted by Crippen LogP contribution is -2.49. The number of carbonyl (C=O) groups is 1. The molecule has 31 heavy (non-hydrogen) atoms.